The number of halogens is 2. The Kier molecular flexibility index (Phi) is 3.45. The number of benzene rings is 1. The van der Waals surface area contributed by atoms with E-state index in [-0.39, 0.29) is 11.3 Å². The molecule has 1 saturated carbocycles. The summed E-state index contributed by atoms with van der Waals surface area (Å²) in [5.74, 6) is -1.19. The highest BCUT2D eigenvalue weighted by Gasteiger charge is 2.52. The highest BCUT2D eigenvalue weighted by atomic mass is 19.1. The largest absolute Gasteiger partial charge is 0.381 e. The first-order valence-electron chi connectivity index (χ1n) is 8.37. The van der Waals surface area contributed by atoms with Crippen LogP contribution in [0.25, 0.3) is 0 Å². The molecule has 1 aliphatic carbocycles. The van der Waals surface area contributed by atoms with E-state index in [1.807, 2.05) is 4.90 Å². The minimum absolute atomic E-state index is 0.0121. The summed E-state index contributed by atoms with van der Waals surface area (Å²) < 4.78 is 33.0. The van der Waals surface area contributed by atoms with Crippen LogP contribution in [0.15, 0.2) is 18.2 Å². The molecule has 3 nitrogen and oxygen atoms in total. The summed E-state index contributed by atoms with van der Waals surface area (Å²) in [6.07, 6.45) is 4.16. The van der Waals surface area contributed by atoms with Gasteiger partial charge < -0.3 is 9.64 Å². The summed E-state index contributed by atoms with van der Waals surface area (Å²) in [7, 11) is 0. The predicted octanol–water partition coefficient (Wildman–Crippen LogP) is 3.03. The Morgan fingerprint density at radius 3 is 2.61 bits per heavy atom. The molecule has 2 heterocycles. The normalized spacial score (nSPS) is 29.0. The van der Waals surface area contributed by atoms with Crippen LogP contribution < -0.4 is 0 Å². The third-order valence-corrected chi connectivity index (χ3v) is 5.97. The summed E-state index contributed by atoms with van der Waals surface area (Å²) in [5.41, 5.74) is -0.330. The molecule has 2 saturated heterocycles. The van der Waals surface area contributed by atoms with Crippen LogP contribution in [0.3, 0.4) is 0 Å². The van der Waals surface area contributed by atoms with Gasteiger partial charge in [-0.2, -0.15) is 0 Å². The lowest BCUT2D eigenvalue weighted by Gasteiger charge is -2.43. The molecule has 1 atom stereocenters. The van der Waals surface area contributed by atoms with E-state index in [4.69, 9.17) is 4.74 Å². The van der Waals surface area contributed by atoms with Gasteiger partial charge in [0.15, 0.2) is 0 Å². The van der Waals surface area contributed by atoms with Crippen molar-refractivity contribution in [2.45, 2.75) is 37.5 Å². The molecular formula is C18H21F2NO2. The molecule has 0 bridgehead atoms. The van der Waals surface area contributed by atoms with Crippen molar-refractivity contribution in [3.05, 3.63) is 35.4 Å². The fourth-order valence-electron chi connectivity index (χ4n) is 4.39. The molecule has 0 radical (unpaired) electrons. The van der Waals surface area contributed by atoms with Crippen LogP contribution in [-0.4, -0.2) is 37.1 Å². The van der Waals surface area contributed by atoms with Gasteiger partial charge >= 0.3 is 0 Å². The molecule has 1 amide bonds. The first-order valence-corrected chi connectivity index (χ1v) is 8.37. The van der Waals surface area contributed by atoms with Gasteiger partial charge in [0.05, 0.1) is 12.0 Å². The van der Waals surface area contributed by atoms with E-state index in [1.54, 1.807) is 0 Å². The lowest BCUT2D eigenvalue weighted by Crippen LogP contribution is -2.51. The van der Waals surface area contributed by atoms with Crippen molar-refractivity contribution in [3.8, 4) is 0 Å². The molecule has 1 aromatic rings. The zero-order chi connectivity index (χ0) is 16.1. The van der Waals surface area contributed by atoms with E-state index in [0.29, 0.717) is 38.1 Å². The lowest BCUT2D eigenvalue weighted by molar-refractivity contribution is -0.140. The standard InChI is InChI=1S/C18H21F2NO2/c19-13-2-3-14(15(20)10-13)18(4-1-5-18)16(22)21-8-6-17(11-21)7-9-23-12-17/h2-3,10H,1,4-9,11-12H2. The van der Waals surface area contributed by atoms with Crippen LogP contribution >= 0.6 is 0 Å². The Morgan fingerprint density at radius 1 is 1.17 bits per heavy atom. The van der Waals surface area contributed by atoms with Gasteiger partial charge in [0.25, 0.3) is 0 Å². The van der Waals surface area contributed by atoms with Crippen molar-refractivity contribution in [1.82, 2.24) is 4.90 Å². The second-order valence-electron chi connectivity index (χ2n) is 7.34. The molecule has 4 rings (SSSR count). The van der Waals surface area contributed by atoms with Gasteiger partial charge in [-0.25, -0.2) is 8.78 Å². The highest BCUT2D eigenvalue weighted by Crippen LogP contribution is 2.48. The number of rotatable bonds is 2. The first-order chi connectivity index (χ1) is 11.0. The monoisotopic (exact) mass is 321 g/mol. The molecule has 2 aliphatic heterocycles. The predicted molar refractivity (Wildman–Crippen MR) is 81.0 cm³/mol. The van der Waals surface area contributed by atoms with Crippen LogP contribution in [0.5, 0.6) is 0 Å². The maximum atomic E-state index is 14.3. The zero-order valence-corrected chi connectivity index (χ0v) is 13.1. The smallest absolute Gasteiger partial charge is 0.233 e. The lowest BCUT2D eigenvalue weighted by atomic mass is 9.63. The van der Waals surface area contributed by atoms with E-state index in [1.165, 1.54) is 12.1 Å². The van der Waals surface area contributed by atoms with Crippen LogP contribution in [0.1, 0.15) is 37.7 Å². The molecule has 1 unspecified atom stereocenters. The van der Waals surface area contributed by atoms with Crippen molar-refractivity contribution in [2.75, 3.05) is 26.3 Å². The van der Waals surface area contributed by atoms with Crippen molar-refractivity contribution in [1.29, 1.82) is 0 Å². The third-order valence-electron chi connectivity index (χ3n) is 5.97. The number of carbonyl (C=O) groups excluding carboxylic acids is 1. The fourth-order valence-corrected chi connectivity index (χ4v) is 4.39. The van der Waals surface area contributed by atoms with E-state index in [2.05, 4.69) is 0 Å². The molecule has 23 heavy (non-hydrogen) atoms. The number of amides is 1. The van der Waals surface area contributed by atoms with E-state index in [0.717, 1.165) is 31.9 Å². The molecule has 5 heteroatoms. The van der Waals surface area contributed by atoms with E-state index < -0.39 is 17.0 Å². The Labute approximate surface area is 134 Å². The van der Waals surface area contributed by atoms with Crippen LogP contribution in [0.2, 0.25) is 0 Å². The van der Waals surface area contributed by atoms with E-state index >= 15 is 0 Å². The van der Waals surface area contributed by atoms with Crippen molar-refractivity contribution in [3.63, 3.8) is 0 Å². The molecule has 124 valence electrons. The average molecular weight is 321 g/mol. The first kappa shape index (κ1) is 15.1. The highest BCUT2D eigenvalue weighted by molar-refractivity contribution is 5.89. The van der Waals surface area contributed by atoms with Crippen molar-refractivity contribution >= 4 is 5.91 Å². The number of ether oxygens (including phenoxy) is 1. The number of nitrogens with zero attached hydrogens (tertiary/aromatic N) is 1. The van der Waals surface area contributed by atoms with E-state index in [9.17, 15) is 13.6 Å². The van der Waals surface area contributed by atoms with Crippen LogP contribution in [-0.2, 0) is 14.9 Å². The van der Waals surface area contributed by atoms with Gasteiger partial charge in [-0.05, 0) is 31.7 Å². The fraction of sp³-hybridized carbons (Fsp3) is 0.611. The van der Waals surface area contributed by atoms with Crippen molar-refractivity contribution < 1.29 is 18.3 Å². The zero-order valence-electron chi connectivity index (χ0n) is 13.1. The quantitative estimate of drug-likeness (QED) is 0.838. The third kappa shape index (κ3) is 2.28. The van der Waals surface area contributed by atoms with Crippen molar-refractivity contribution in [2.24, 2.45) is 5.41 Å². The Bertz CT molecular complexity index is 636. The Hall–Kier alpha value is -1.49. The molecule has 0 aromatic heterocycles. The molecule has 1 spiro atoms. The number of hydrogen-bond donors (Lipinski definition) is 0. The molecular weight excluding hydrogens is 300 g/mol. The average Bonchev–Trinajstić information content (AvgIpc) is 3.10. The van der Waals surface area contributed by atoms with Gasteiger partial charge in [-0.1, -0.05) is 12.5 Å². The topological polar surface area (TPSA) is 29.5 Å². The minimum atomic E-state index is -0.789. The summed E-state index contributed by atoms with van der Waals surface area (Å²) >= 11 is 0. The van der Waals surface area contributed by atoms with Gasteiger partial charge in [0.2, 0.25) is 5.91 Å². The molecule has 3 fully saturated rings. The molecule has 3 aliphatic rings. The summed E-state index contributed by atoms with van der Waals surface area (Å²) in [4.78, 5) is 15.0. The Balaban J connectivity index is 1.61. The number of likely N-dealkylation sites (tertiary alicyclic amines) is 1. The number of hydrogen-bond acceptors (Lipinski definition) is 2. The van der Waals surface area contributed by atoms with Gasteiger partial charge in [0, 0.05) is 36.7 Å². The molecule has 0 N–H and O–H groups in total. The maximum Gasteiger partial charge on any atom is 0.233 e. The Morgan fingerprint density at radius 2 is 2.00 bits per heavy atom. The SMILES string of the molecule is O=C(N1CCC2(CCOC2)C1)C1(c2ccc(F)cc2F)CCC1. The van der Waals surface area contributed by atoms with Gasteiger partial charge in [-0.15, -0.1) is 0 Å². The second-order valence-corrected chi connectivity index (χ2v) is 7.34. The maximum absolute atomic E-state index is 14.3. The second kappa shape index (κ2) is 5.26. The van der Waals surface area contributed by atoms with Gasteiger partial charge in [0.1, 0.15) is 11.6 Å². The summed E-state index contributed by atoms with van der Waals surface area (Å²) in [6, 6.07) is 3.59. The molecule has 1 aromatic carbocycles. The van der Waals surface area contributed by atoms with Crippen LogP contribution in [0.4, 0.5) is 8.78 Å². The summed E-state index contributed by atoms with van der Waals surface area (Å²) in [6.45, 7) is 2.90. The van der Waals surface area contributed by atoms with Crippen LogP contribution in [0, 0.1) is 17.0 Å². The number of carbonyl (C=O) groups is 1. The minimum Gasteiger partial charge on any atom is -0.381 e. The summed E-state index contributed by atoms with van der Waals surface area (Å²) in [5, 5.41) is 0. The van der Waals surface area contributed by atoms with Gasteiger partial charge in [-0.3, -0.25) is 4.79 Å².